The van der Waals surface area contributed by atoms with Gasteiger partial charge in [-0.2, -0.15) is 0 Å². The van der Waals surface area contributed by atoms with Crippen LogP contribution < -0.4 is 4.72 Å². The summed E-state index contributed by atoms with van der Waals surface area (Å²) in [5, 5.41) is 9.20. The maximum absolute atomic E-state index is 12.2. The van der Waals surface area contributed by atoms with Crippen molar-refractivity contribution in [3.63, 3.8) is 0 Å². The van der Waals surface area contributed by atoms with Crippen molar-refractivity contribution in [2.45, 2.75) is 31.5 Å². The van der Waals surface area contributed by atoms with Gasteiger partial charge in [0.05, 0.1) is 18.0 Å². The van der Waals surface area contributed by atoms with E-state index in [1.807, 2.05) is 6.92 Å². The Balaban J connectivity index is 2.18. The summed E-state index contributed by atoms with van der Waals surface area (Å²) in [7, 11) is -1.81. The molecule has 20 heavy (non-hydrogen) atoms. The lowest BCUT2D eigenvalue weighted by Crippen LogP contribution is -2.24. The molecule has 0 atom stereocenters. The van der Waals surface area contributed by atoms with Gasteiger partial charge in [-0.3, -0.25) is 0 Å². The largest absolute Gasteiger partial charge is 0.390 e. The van der Waals surface area contributed by atoms with Crippen LogP contribution in [0.25, 0.3) is 0 Å². The first-order chi connectivity index (χ1) is 9.47. The molecule has 0 amide bonds. The Morgan fingerprint density at radius 2 is 2.20 bits per heavy atom. The quantitative estimate of drug-likeness (QED) is 0.798. The summed E-state index contributed by atoms with van der Waals surface area (Å²) in [5.74, 6) is 0.630. The van der Waals surface area contributed by atoms with Crippen LogP contribution in [-0.4, -0.2) is 27.6 Å². The summed E-state index contributed by atoms with van der Waals surface area (Å²) < 4.78 is 30.3. The van der Waals surface area contributed by atoms with Crippen LogP contribution >= 0.6 is 0 Å². The SMILES string of the molecule is CCn1cc(S(=O)(=O)NCc2nccn2C)cc1CO. The number of aliphatic hydroxyl groups is 1. The molecule has 2 heterocycles. The number of hydrogen-bond donors (Lipinski definition) is 2. The highest BCUT2D eigenvalue weighted by Crippen LogP contribution is 2.15. The normalized spacial score (nSPS) is 11.9. The van der Waals surface area contributed by atoms with Crippen molar-refractivity contribution in [3.05, 3.63) is 36.2 Å². The van der Waals surface area contributed by atoms with E-state index in [2.05, 4.69) is 9.71 Å². The monoisotopic (exact) mass is 298 g/mol. The average molecular weight is 298 g/mol. The van der Waals surface area contributed by atoms with E-state index in [1.54, 1.807) is 28.6 Å². The molecule has 2 rings (SSSR count). The van der Waals surface area contributed by atoms with Gasteiger partial charge in [-0.05, 0) is 13.0 Å². The molecular formula is C12H18N4O3S. The Labute approximate surface area is 117 Å². The lowest BCUT2D eigenvalue weighted by Gasteiger charge is -2.05. The van der Waals surface area contributed by atoms with Gasteiger partial charge in [0, 0.05) is 37.9 Å². The third-order valence-electron chi connectivity index (χ3n) is 3.12. The molecule has 0 saturated carbocycles. The van der Waals surface area contributed by atoms with E-state index < -0.39 is 10.0 Å². The average Bonchev–Trinajstić information content (AvgIpc) is 3.02. The van der Waals surface area contributed by atoms with Gasteiger partial charge in [0.25, 0.3) is 0 Å². The van der Waals surface area contributed by atoms with E-state index in [9.17, 15) is 13.5 Å². The Hall–Kier alpha value is -1.64. The summed E-state index contributed by atoms with van der Waals surface area (Å²) in [6.45, 7) is 2.42. The molecule has 0 saturated heterocycles. The van der Waals surface area contributed by atoms with Crippen LogP contribution in [0.1, 0.15) is 18.4 Å². The number of aromatic nitrogens is 3. The minimum Gasteiger partial charge on any atom is -0.390 e. The summed E-state index contributed by atoms with van der Waals surface area (Å²) in [5.41, 5.74) is 0.574. The van der Waals surface area contributed by atoms with Gasteiger partial charge < -0.3 is 14.2 Å². The van der Waals surface area contributed by atoms with Crippen LogP contribution in [0.2, 0.25) is 0 Å². The van der Waals surface area contributed by atoms with Crippen molar-refractivity contribution in [2.75, 3.05) is 0 Å². The first-order valence-electron chi connectivity index (χ1n) is 6.23. The summed E-state index contributed by atoms with van der Waals surface area (Å²) in [4.78, 5) is 4.21. The van der Waals surface area contributed by atoms with Crippen LogP contribution in [0.3, 0.4) is 0 Å². The zero-order valence-electron chi connectivity index (χ0n) is 11.4. The minimum atomic E-state index is -3.61. The molecule has 0 spiro atoms. The van der Waals surface area contributed by atoms with Crippen molar-refractivity contribution in [2.24, 2.45) is 7.05 Å². The van der Waals surface area contributed by atoms with Crippen LogP contribution in [0.15, 0.2) is 29.6 Å². The Morgan fingerprint density at radius 1 is 1.45 bits per heavy atom. The maximum Gasteiger partial charge on any atom is 0.242 e. The number of aliphatic hydroxyl groups excluding tert-OH is 1. The number of aryl methyl sites for hydroxylation is 2. The van der Waals surface area contributed by atoms with Crippen LogP contribution in [0.4, 0.5) is 0 Å². The van der Waals surface area contributed by atoms with Gasteiger partial charge in [0.1, 0.15) is 5.82 Å². The van der Waals surface area contributed by atoms with E-state index >= 15 is 0 Å². The molecule has 0 aliphatic rings. The number of rotatable bonds is 6. The molecule has 2 aromatic rings. The van der Waals surface area contributed by atoms with Crippen molar-refractivity contribution in [3.8, 4) is 0 Å². The van der Waals surface area contributed by atoms with E-state index in [0.29, 0.717) is 18.1 Å². The highest BCUT2D eigenvalue weighted by molar-refractivity contribution is 7.89. The smallest absolute Gasteiger partial charge is 0.242 e. The van der Waals surface area contributed by atoms with E-state index in [0.717, 1.165) is 0 Å². The number of imidazole rings is 1. The first-order valence-corrected chi connectivity index (χ1v) is 7.72. The Kier molecular flexibility index (Phi) is 4.26. The third-order valence-corrected chi connectivity index (χ3v) is 4.48. The molecule has 110 valence electrons. The second kappa shape index (κ2) is 5.78. The van der Waals surface area contributed by atoms with E-state index in [-0.39, 0.29) is 18.0 Å². The number of nitrogens with zero attached hydrogens (tertiary/aromatic N) is 3. The predicted octanol–water partition coefficient (Wildman–Crippen LogP) is 0.212. The molecule has 0 radical (unpaired) electrons. The van der Waals surface area contributed by atoms with Crippen LogP contribution in [0.5, 0.6) is 0 Å². The standard InChI is InChI=1S/C12H18N4O3S/c1-3-16-8-11(6-10(16)9-17)20(18,19)14-7-12-13-4-5-15(12)2/h4-6,8,14,17H,3,7,9H2,1-2H3. The maximum atomic E-state index is 12.2. The molecule has 2 N–H and O–H groups in total. The van der Waals surface area contributed by atoms with Gasteiger partial charge in [0.15, 0.2) is 0 Å². The van der Waals surface area contributed by atoms with E-state index in [1.165, 1.54) is 12.3 Å². The van der Waals surface area contributed by atoms with Gasteiger partial charge >= 0.3 is 0 Å². The van der Waals surface area contributed by atoms with Crippen molar-refractivity contribution in [1.29, 1.82) is 0 Å². The molecule has 0 aliphatic heterocycles. The molecule has 8 heteroatoms. The highest BCUT2D eigenvalue weighted by atomic mass is 32.2. The summed E-state index contributed by atoms with van der Waals surface area (Å²) in [6.07, 6.45) is 4.88. The molecule has 0 bridgehead atoms. The fourth-order valence-corrected chi connectivity index (χ4v) is 2.95. The van der Waals surface area contributed by atoms with Crippen molar-refractivity contribution >= 4 is 10.0 Å². The third kappa shape index (κ3) is 2.92. The first kappa shape index (κ1) is 14.8. The molecule has 7 nitrogen and oxygen atoms in total. The zero-order chi connectivity index (χ0) is 14.8. The molecule has 0 unspecified atom stereocenters. The fraction of sp³-hybridized carbons (Fsp3) is 0.417. The summed E-state index contributed by atoms with van der Waals surface area (Å²) in [6, 6.07) is 1.48. The number of hydrogen-bond acceptors (Lipinski definition) is 4. The second-order valence-corrected chi connectivity index (χ2v) is 6.16. The Bertz CT molecular complexity index is 666. The molecule has 0 aromatic carbocycles. The molecule has 2 aromatic heterocycles. The molecule has 0 fully saturated rings. The lowest BCUT2D eigenvalue weighted by molar-refractivity contribution is 0.271. The van der Waals surface area contributed by atoms with Gasteiger partial charge in [-0.15, -0.1) is 0 Å². The van der Waals surface area contributed by atoms with Crippen molar-refractivity contribution in [1.82, 2.24) is 18.8 Å². The number of nitrogens with one attached hydrogen (secondary N) is 1. The topological polar surface area (TPSA) is 89.2 Å². The second-order valence-electron chi connectivity index (χ2n) is 4.39. The number of sulfonamides is 1. The fourth-order valence-electron chi connectivity index (χ4n) is 1.91. The van der Waals surface area contributed by atoms with Gasteiger partial charge in [-0.1, -0.05) is 0 Å². The van der Waals surface area contributed by atoms with E-state index in [4.69, 9.17) is 0 Å². The van der Waals surface area contributed by atoms with Crippen molar-refractivity contribution < 1.29 is 13.5 Å². The zero-order valence-corrected chi connectivity index (χ0v) is 12.3. The summed E-state index contributed by atoms with van der Waals surface area (Å²) >= 11 is 0. The van der Waals surface area contributed by atoms with Gasteiger partial charge in [-0.25, -0.2) is 18.1 Å². The predicted molar refractivity (Wildman–Crippen MR) is 73.3 cm³/mol. The van der Waals surface area contributed by atoms with Crippen LogP contribution in [-0.2, 0) is 36.8 Å². The lowest BCUT2D eigenvalue weighted by atomic mass is 10.4. The molecule has 0 aliphatic carbocycles. The van der Waals surface area contributed by atoms with Gasteiger partial charge in [0.2, 0.25) is 10.0 Å². The molecular weight excluding hydrogens is 280 g/mol. The highest BCUT2D eigenvalue weighted by Gasteiger charge is 2.18. The van der Waals surface area contributed by atoms with Crippen LogP contribution in [0, 0.1) is 0 Å². The Morgan fingerprint density at radius 3 is 2.70 bits per heavy atom. The minimum absolute atomic E-state index is 0.123.